The monoisotopic (exact) mass is 359 g/mol. The molecule has 0 aliphatic heterocycles. The molecule has 1 amide bonds. The molecule has 6 heteroatoms. The topological polar surface area (TPSA) is 55.3 Å². The van der Waals surface area contributed by atoms with Crippen molar-refractivity contribution in [2.45, 2.75) is 38.4 Å². The number of ether oxygens (including phenoxy) is 1. The van der Waals surface area contributed by atoms with Crippen LogP contribution in [-0.2, 0) is 17.8 Å². The third-order valence-corrected chi connectivity index (χ3v) is 4.75. The van der Waals surface area contributed by atoms with Gasteiger partial charge in [0, 0.05) is 37.0 Å². The number of hydrogen-bond donors (Lipinski definition) is 0. The summed E-state index contributed by atoms with van der Waals surface area (Å²) in [5.41, 5.74) is 3.98. The number of aromatic nitrogens is 2. The summed E-state index contributed by atoms with van der Waals surface area (Å²) >= 11 is 1.53. The van der Waals surface area contributed by atoms with Gasteiger partial charge in [0.15, 0.2) is 5.16 Å². The summed E-state index contributed by atoms with van der Waals surface area (Å²) in [5, 5.41) is 0.776. The van der Waals surface area contributed by atoms with E-state index in [1.54, 1.807) is 12.0 Å². The lowest BCUT2D eigenvalue weighted by molar-refractivity contribution is -0.130. The van der Waals surface area contributed by atoms with E-state index < -0.39 is 0 Å². The summed E-state index contributed by atoms with van der Waals surface area (Å²) in [5.74, 6) is 0.897. The second-order valence-electron chi connectivity index (χ2n) is 5.92. The Morgan fingerprint density at radius 2 is 1.84 bits per heavy atom. The Morgan fingerprint density at radius 1 is 1.20 bits per heavy atom. The standard InChI is InChI=1S/C19H25N3O2S/c1-13-16(14(2)21-19(20-13)25-5)10-11-18(23)22(3)12-15-8-6-7-9-17(15)24-4/h6-9H,10-12H2,1-5H3. The summed E-state index contributed by atoms with van der Waals surface area (Å²) in [7, 11) is 3.46. The molecular weight excluding hydrogens is 334 g/mol. The number of rotatable bonds is 7. The summed E-state index contributed by atoms with van der Waals surface area (Å²) in [6.07, 6.45) is 3.06. The predicted octanol–water partition coefficient (Wildman–Crippen LogP) is 3.42. The zero-order valence-electron chi connectivity index (χ0n) is 15.5. The van der Waals surface area contributed by atoms with Gasteiger partial charge < -0.3 is 9.64 Å². The van der Waals surface area contributed by atoms with Crippen LogP contribution in [0.4, 0.5) is 0 Å². The van der Waals surface area contributed by atoms with E-state index in [1.165, 1.54) is 11.8 Å². The zero-order valence-corrected chi connectivity index (χ0v) is 16.3. The van der Waals surface area contributed by atoms with Crippen molar-refractivity contribution in [1.29, 1.82) is 0 Å². The van der Waals surface area contributed by atoms with Crippen LogP contribution in [0.3, 0.4) is 0 Å². The van der Waals surface area contributed by atoms with Gasteiger partial charge in [-0.2, -0.15) is 0 Å². The molecule has 5 nitrogen and oxygen atoms in total. The van der Waals surface area contributed by atoms with Crippen LogP contribution in [-0.4, -0.2) is 41.2 Å². The molecule has 0 aliphatic rings. The zero-order chi connectivity index (χ0) is 18.4. The summed E-state index contributed by atoms with van der Waals surface area (Å²) < 4.78 is 5.35. The van der Waals surface area contributed by atoms with Gasteiger partial charge in [-0.25, -0.2) is 9.97 Å². The Labute approximate surface area is 153 Å². The molecule has 0 saturated carbocycles. The lowest BCUT2D eigenvalue weighted by Gasteiger charge is -2.19. The minimum Gasteiger partial charge on any atom is -0.496 e. The smallest absolute Gasteiger partial charge is 0.222 e. The molecular formula is C19H25N3O2S. The molecule has 1 aromatic heterocycles. The second-order valence-corrected chi connectivity index (χ2v) is 6.69. The molecule has 2 rings (SSSR count). The maximum atomic E-state index is 12.5. The maximum Gasteiger partial charge on any atom is 0.222 e. The lowest BCUT2D eigenvalue weighted by atomic mass is 10.1. The van der Waals surface area contributed by atoms with Gasteiger partial charge in [0.2, 0.25) is 5.91 Å². The minimum absolute atomic E-state index is 0.0960. The number of carbonyl (C=O) groups excluding carboxylic acids is 1. The molecule has 134 valence electrons. The molecule has 0 atom stereocenters. The first-order valence-electron chi connectivity index (χ1n) is 8.20. The van der Waals surface area contributed by atoms with Crippen molar-refractivity contribution in [3.63, 3.8) is 0 Å². The molecule has 0 bridgehead atoms. The molecule has 0 unspecified atom stereocenters. The van der Waals surface area contributed by atoms with Gasteiger partial charge in [-0.15, -0.1) is 0 Å². The van der Waals surface area contributed by atoms with E-state index in [0.29, 0.717) is 19.4 Å². The van der Waals surface area contributed by atoms with Gasteiger partial charge in [-0.1, -0.05) is 30.0 Å². The highest BCUT2D eigenvalue weighted by Gasteiger charge is 2.14. The van der Waals surface area contributed by atoms with Crippen LogP contribution in [0.2, 0.25) is 0 Å². The lowest BCUT2D eigenvalue weighted by Crippen LogP contribution is -2.26. The van der Waals surface area contributed by atoms with Gasteiger partial charge >= 0.3 is 0 Å². The number of carbonyl (C=O) groups is 1. The first-order chi connectivity index (χ1) is 12.0. The van der Waals surface area contributed by atoms with Crippen LogP contribution in [0.1, 0.15) is 28.9 Å². The normalized spacial score (nSPS) is 10.6. The second kappa shape index (κ2) is 8.85. The molecule has 0 spiro atoms. The van der Waals surface area contributed by atoms with Crippen molar-refractivity contribution in [3.8, 4) is 5.75 Å². The molecule has 0 N–H and O–H groups in total. The Hall–Kier alpha value is -2.08. The number of amides is 1. The van der Waals surface area contributed by atoms with E-state index in [4.69, 9.17) is 4.74 Å². The van der Waals surface area contributed by atoms with Gasteiger partial charge in [0.25, 0.3) is 0 Å². The van der Waals surface area contributed by atoms with Crippen molar-refractivity contribution in [2.75, 3.05) is 20.4 Å². The van der Waals surface area contributed by atoms with Crippen LogP contribution in [0.5, 0.6) is 5.75 Å². The summed E-state index contributed by atoms with van der Waals surface area (Å²) in [4.78, 5) is 23.2. The average molecular weight is 359 g/mol. The average Bonchev–Trinajstić information content (AvgIpc) is 2.60. The number of aryl methyl sites for hydroxylation is 2. The Balaban J connectivity index is 2.00. The number of methoxy groups -OCH3 is 1. The summed E-state index contributed by atoms with van der Waals surface area (Å²) in [6, 6.07) is 7.76. The highest BCUT2D eigenvalue weighted by atomic mass is 32.2. The Kier molecular flexibility index (Phi) is 6.82. The fraction of sp³-hybridized carbons (Fsp3) is 0.421. The van der Waals surface area contributed by atoms with Crippen molar-refractivity contribution < 1.29 is 9.53 Å². The molecule has 0 fully saturated rings. The van der Waals surface area contributed by atoms with E-state index in [1.807, 2.05) is 51.4 Å². The van der Waals surface area contributed by atoms with E-state index in [9.17, 15) is 4.79 Å². The van der Waals surface area contributed by atoms with Gasteiger partial charge in [-0.3, -0.25) is 4.79 Å². The first-order valence-corrected chi connectivity index (χ1v) is 9.42. The number of thioether (sulfide) groups is 1. The van der Waals surface area contributed by atoms with E-state index in [-0.39, 0.29) is 5.91 Å². The minimum atomic E-state index is 0.0960. The Bertz CT molecular complexity index is 726. The van der Waals surface area contributed by atoms with Crippen molar-refractivity contribution in [3.05, 3.63) is 46.8 Å². The van der Waals surface area contributed by atoms with Gasteiger partial charge in [-0.05, 0) is 38.2 Å². The van der Waals surface area contributed by atoms with E-state index >= 15 is 0 Å². The van der Waals surface area contributed by atoms with Crippen molar-refractivity contribution >= 4 is 17.7 Å². The van der Waals surface area contributed by atoms with Crippen LogP contribution >= 0.6 is 11.8 Å². The summed E-state index contributed by atoms with van der Waals surface area (Å²) in [6.45, 7) is 4.49. The highest BCUT2D eigenvalue weighted by Crippen LogP contribution is 2.20. The van der Waals surface area contributed by atoms with Crippen LogP contribution in [0.15, 0.2) is 29.4 Å². The molecule has 0 saturated heterocycles. The quantitative estimate of drug-likeness (QED) is 0.560. The van der Waals surface area contributed by atoms with Crippen LogP contribution in [0.25, 0.3) is 0 Å². The number of hydrogen-bond acceptors (Lipinski definition) is 5. The van der Waals surface area contributed by atoms with E-state index in [2.05, 4.69) is 9.97 Å². The Morgan fingerprint density at radius 3 is 2.44 bits per heavy atom. The molecule has 1 aromatic carbocycles. The largest absolute Gasteiger partial charge is 0.496 e. The molecule has 1 heterocycles. The van der Waals surface area contributed by atoms with Crippen molar-refractivity contribution in [1.82, 2.24) is 14.9 Å². The fourth-order valence-electron chi connectivity index (χ4n) is 2.76. The number of benzene rings is 1. The van der Waals surface area contributed by atoms with Crippen LogP contribution < -0.4 is 4.74 Å². The molecule has 0 radical (unpaired) electrons. The molecule has 0 aliphatic carbocycles. The molecule has 2 aromatic rings. The van der Waals surface area contributed by atoms with Crippen LogP contribution in [0, 0.1) is 13.8 Å². The molecule has 25 heavy (non-hydrogen) atoms. The maximum absolute atomic E-state index is 12.5. The SMILES string of the molecule is COc1ccccc1CN(C)C(=O)CCc1c(C)nc(SC)nc1C. The van der Waals surface area contributed by atoms with E-state index in [0.717, 1.165) is 33.4 Å². The third kappa shape index (κ3) is 4.95. The fourth-order valence-corrected chi connectivity index (χ4v) is 3.22. The highest BCUT2D eigenvalue weighted by molar-refractivity contribution is 7.98. The van der Waals surface area contributed by atoms with Gasteiger partial charge in [0.05, 0.1) is 7.11 Å². The van der Waals surface area contributed by atoms with Gasteiger partial charge in [0.1, 0.15) is 5.75 Å². The predicted molar refractivity (Wildman–Crippen MR) is 101 cm³/mol. The number of para-hydroxylation sites is 1. The van der Waals surface area contributed by atoms with Crippen molar-refractivity contribution in [2.24, 2.45) is 0 Å². The number of nitrogens with zero attached hydrogens (tertiary/aromatic N) is 3. The third-order valence-electron chi connectivity index (χ3n) is 4.20. The first kappa shape index (κ1) is 19.2.